The van der Waals surface area contributed by atoms with Crippen molar-refractivity contribution >= 4 is 11.4 Å². The fraction of sp³-hybridized carbons (Fsp3) is 0.133. The van der Waals surface area contributed by atoms with Gasteiger partial charge in [-0.15, -0.1) is 0 Å². The number of rotatable bonds is 4. The molecule has 0 fully saturated rings. The monoisotopic (exact) mass is 285 g/mol. The third-order valence-corrected chi connectivity index (χ3v) is 3.07. The SMILES string of the molecule is CC(Nc1ccc(C#N)c([N+](=O)[O-])c1)c1ccc(F)cc1. The molecule has 0 aromatic heterocycles. The van der Waals surface area contributed by atoms with Crippen molar-refractivity contribution in [3.63, 3.8) is 0 Å². The molecule has 1 N–H and O–H groups in total. The maximum atomic E-state index is 12.9. The summed E-state index contributed by atoms with van der Waals surface area (Å²) in [5.74, 6) is -0.319. The molecule has 1 unspecified atom stereocenters. The number of nitrogens with zero attached hydrogens (tertiary/aromatic N) is 2. The Morgan fingerprint density at radius 1 is 1.29 bits per heavy atom. The van der Waals surface area contributed by atoms with E-state index in [1.165, 1.54) is 24.3 Å². The van der Waals surface area contributed by atoms with Gasteiger partial charge in [0.1, 0.15) is 17.4 Å². The molecule has 5 nitrogen and oxygen atoms in total. The molecule has 0 amide bonds. The minimum Gasteiger partial charge on any atom is -0.378 e. The Hall–Kier alpha value is -2.94. The minimum atomic E-state index is -0.591. The second-order valence-corrected chi connectivity index (χ2v) is 4.52. The molecular weight excluding hydrogens is 273 g/mol. The minimum absolute atomic E-state index is 0.0139. The Bertz CT molecular complexity index is 708. The molecule has 0 aliphatic rings. The summed E-state index contributed by atoms with van der Waals surface area (Å²) in [6, 6.07) is 12.0. The average Bonchev–Trinajstić information content (AvgIpc) is 2.47. The molecule has 0 aliphatic heterocycles. The van der Waals surface area contributed by atoms with Gasteiger partial charge in [-0.2, -0.15) is 5.26 Å². The topological polar surface area (TPSA) is 79.0 Å². The lowest BCUT2D eigenvalue weighted by molar-refractivity contribution is -0.385. The van der Waals surface area contributed by atoms with Gasteiger partial charge in [-0.3, -0.25) is 10.1 Å². The lowest BCUT2D eigenvalue weighted by Crippen LogP contribution is -2.07. The summed E-state index contributed by atoms with van der Waals surface area (Å²) >= 11 is 0. The summed E-state index contributed by atoms with van der Waals surface area (Å²) in [5, 5.41) is 22.8. The molecule has 0 radical (unpaired) electrons. The van der Waals surface area contributed by atoms with Gasteiger partial charge in [-0.1, -0.05) is 12.1 Å². The molecule has 0 spiro atoms. The number of halogens is 1. The number of nitro groups is 1. The highest BCUT2D eigenvalue weighted by Crippen LogP contribution is 2.25. The highest BCUT2D eigenvalue weighted by Gasteiger charge is 2.15. The van der Waals surface area contributed by atoms with Crippen molar-refractivity contribution in [2.75, 3.05) is 5.32 Å². The molecule has 0 saturated heterocycles. The van der Waals surface area contributed by atoms with Crippen LogP contribution in [0.5, 0.6) is 0 Å². The maximum absolute atomic E-state index is 12.9. The van der Waals surface area contributed by atoms with Gasteiger partial charge >= 0.3 is 0 Å². The molecule has 2 rings (SSSR count). The van der Waals surface area contributed by atoms with Gasteiger partial charge < -0.3 is 5.32 Å². The van der Waals surface area contributed by atoms with E-state index in [-0.39, 0.29) is 23.1 Å². The van der Waals surface area contributed by atoms with Gasteiger partial charge in [-0.25, -0.2) is 4.39 Å². The van der Waals surface area contributed by atoms with E-state index in [1.807, 2.05) is 6.92 Å². The normalized spacial score (nSPS) is 11.5. The number of nitriles is 1. The van der Waals surface area contributed by atoms with Crippen molar-refractivity contribution in [2.45, 2.75) is 13.0 Å². The van der Waals surface area contributed by atoms with Crippen LogP contribution in [0, 0.1) is 27.3 Å². The first-order chi connectivity index (χ1) is 10.0. The van der Waals surface area contributed by atoms with E-state index in [0.29, 0.717) is 5.69 Å². The number of hydrogen-bond acceptors (Lipinski definition) is 4. The molecule has 6 heteroatoms. The quantitative estimate of drug-likeness (QED) is 0.685. The van der Waals surface area contributed by atoms with Crippen LogP contribution in [0.25, 0.3) is 0 Å². The van der Waals surface area contributed by atoms with Crippen LogP contribution >= 0.6 is 0 Å². The van der Waals surface area contributed by atoms with Gasteiger partial charge in [0.25, 0.3) is 5.69 Å². The molecule has 0 bridgehead atoms. The van der Waals surface area contributed by atoms with E-state index >= 15 is 0 Å². The molecule has 0 aliphatic carbocycles. The Morgan fingerprint density at radius 3 is 2.52 bits per heavy atom. The fourth-order valence-corrected chi connectivity index (χ4v) is 1.95. The number of benzene rings is 2. The van der Waals surface area contributed by atoms with Crippen LogP contribution in [-0.4, -0.2) is 4.92 Å². The first-order valence-electron chi connectivity index (χ1n) is 6.22. The smallest absolute Gasteiger partial charge is 0.289 e. The summed E-state index contributed by atoms with van der Waals surface area (Å²) < 4.78 is 12.9. The summed E-state index contributed by atoms with van der Waals surface area (Å²) in [6.07, 6.45) is 0. The van der Waals surface area contributed by atoms with Crippen molar-refractivity contribution in [3.8, 4) is 6.07 Å². The third kappa shape index (κ3) is 3.34. The van der Waals surface area contributed by atoms with Gasteiger partial charge in [0, 0.05) is 17.8 Å². The number of anilines is 1. The third-order valence-electron chi connectivity index (χ3n) is 3.07. The summed E-state index contributed by atoms with van der Waals surface area (Å²) in [6.45, 7) is 1.86. The van der Waals surface area contributed by atoms with Crippen LogP contribution in [0.2, 0.25) is 0 Å². The molecule has 1 atom stereocenters. The summed E-state index contributed by atoms with van der Waals surface area (Å²) in [7, 11) is 0. The second kappa shape index (κ2) is 6.01. The van der Waals surface area contributed by atoms with Crippen LogP contribution in [0.4, 0.5) is 15.8 Å². The van der Waals surface area contributed by atoms with Crippen LogP contribution < -0.4 is 5.32 Å². The predicted molar refractivity (Wildman–Crippen MR) is 76.2 cm³/mol. The molecule has 0 saturated carbocycles. The van der Waals surface area contributed by atoms with E-state index in [2.05, 4.69) is 5.32 Å². The van der Waals surface area contributed by atoms with E-state index in [1.54, 1.807) is 24.3 Å². The average molecular weight is 285 g/mol. The Kier molecular flexibility index (Phi) is 4.14. The lowest BCUT2D eigenvalue weighted by atomic mass is 10.1. The van der Waals surface area contributed by atoms with E-state index in [4.69, 9.17) is 5.26 Å². The standard InChI is InChI=1S/C15H12FN3O2/c1-10(11-2-5-13(16)6-3-11)18-14-7-4-12(9-17)15(8-14)19(20)21/h2-8,10,18H,1H3. The van der Waals surface area contributed by atoms with Gasteiger partial charge in [0.2, 0.25) is 0 Å². The molecule has 21 heavy (non-hydrogen) atoms. The second-order valence-electron chi connectivity index (χ2n) is 4.52. The molecule has 0 heterocycles. The maximum Gasteiger partial charge on any atom is 0.289 e. The van der Waals surface area contributed by atoms with Crippen LogP contribution in [0.3, 0.4) is 0 Å². The predicted octanol–water partition coefficient (Wildman–Crippen LogP) is 3.78. The van der Waals surface area contributed by atoms with Crippen molar-refractivity contribution in [1.29, 1.82) is 5.26 Å². The zero-order valence-corrected chi connectivity index (χ0v) is 11.2. The largest absolute Gasteiger partial charge is 0.378 e. The van der Waals surface area contributed by atoms with Crippen LogP contribution in [-0.2, 0) is 0 Å². The van der Waals surface area contributed by atoms with E-state index in [9.17, 15) is 14.5 Å². The van der Waals surface area contributed by atoms with Crippen molar-refractivity contribution in [1.82, 2.24) is 0 Å². The van der Waals surface area contributed by atoms with Crippen molar-refractivity contribution in [3.05, 3.63) is 69.5 Å². The highest BCUT2D eigenvalue weighted by molar-refractivity contribution is 5.59. The Morgan fingerprint density at radius 2 is 1.95 bits per heavy atom. The Labute approximate surface area is 120 Å². The fourth-order valence-electron chi connectivity index (χ4n) is 1.95. The van der Waals surface area contributed by atoms with Crippen molar-refractivity contribution in [2.24, 2.45) is 0 Å². The first kappa shape index (κ1) is 14.5. The van der Waals surface area contributed by atoms with Gasteiger partial charge in [0.15, 0.2) is 0 Å². The molecule has 2 aromatic rings. The van der Waals surface area contributed by atoms with Gasteiger partial charge in [-0.05, 0) is 36.8 Å². The highest BCUT2D eigenvalue weighted by atomic mass is 19.1. The van der Waals surface area contributed by atoms with Crippen LogP contribution in [0.15, 0.2) is 42.5 Å². The molecule has 106 valence electrons. The first-order valence-corrected chi connectivity index (χ1v) is 6.22. The number of nitro benzene ring substituents is 1. The number of hydrogen-bond donors (Lipinski definition) is 1. The van der Waals surface area contributed by atoms with Crippen molar-refractivity contribution < 1.29 is 9.31 Å². The number of nitrogens with one attached hydrogen (secondary N) is 1. The van der Waals surface area contributed by atoms with E-state index in [0.717, 1.165) is 5.56 Å². The zero-order chi connectivity index (χ0) is 15.4. The van der Waals surface area contributed by atoms with E-state index < -0.39 is 4.92 Å². The summed E-state index contributed by atoms with van der Waals surface area (Å²) in [5.41, 5.74) is 1.15. The van der Waals surface area contributed by atoms with Crippen LogP contribution in [0.1, 0.15) is 24.1 Å². The summed E-state index contributed by atoms with van der Waals surface area (Å²) in [4.78, 5) is 10.3. The zero-order valence-electron chi connectivity index (χ0n) is 11.2. The lowest BCUT2D eigenvalue weighted by Gasteiger charge is -2.15. The van der Waals surface area contributed by atoms with Gasteiger partial charge in [0.05, 0.1) is 4.92 Å². The molecule has 2 aromatic carbocycles. The molecular formula is C15H12FN3O2. The Balaban J connectivity index is 2.23.